The molecule has 3 rings (SSSR count). The predicted octanol–water partition coefficient (Wildman–Crippen LogP) is 3.95. The highest BCUT2D eigenvalue weighted by Crippen LogP contribution is 2.36. The molecule has 0 bridgehead atoms. The zero-order chi connectivity index (χ0) is 17.8. The van der Waals surface area contributed by atoms with E-state index in [0.717, 1.165) is 37.5 Å². The van der Waals surface area contributed by atoms with Gasteiger partial charge in [-0.2, -0.15) is 0 Å². The lowest BCUT2D eigenvalue weighted by Crippen LogP contribution is -2.35. The molecule has 0 aliphatic carbocycles. The molecular formula is C19H26ClN3O2. The van der Waals surface area contributed by atoms with Crippen LogP contribution >= 0.6 is 11.6 Å². The molecule has 6 heteroatoms. The lowest BCUT2D eigenvalue weighted by atomic mass is 9.96. The molecule has 0 saturated carbocycles. The van der Waals surface area contributed by atoms with Crippen LogP contribution in [-0.2, 0) is 13.1 Å². The maximum Gasteiger partial charge on any atom is 0.165 e. The molecule has 0 spiro atoms. The Labute approximate surface area is 154 Å². The van der Waals surface area contributed by atoms with E-state index in [-0.39, 0.29) is 0 Å². The van der Waals surface area contributed by atoms with Crippen molar-refractivity contribution < 1.29 is 9.47 Å². The van der Waals surface area contributed by atoms with Crippen LogP contribution in [0.4, 0.5) is 0 Å². The first-order valence-corrected chi connectivity index (χ1v) is 9.17. The molecule has 1 aliphatic heterocycles. The first-order valence-electron chi connectivity index (χ1n) is 8.80. The minimum Gasteiger partial charge on any atom is -0.493 e. The van der Waals surface area contributed by atoms with Crippen LogP contribution in [0.3, 0.4) is 0 Å². The first kappa shape index (κ1) is 18.1. The fourth-order valence-electron chi connectivity index (χ4n) is 3.72. The molecule has 136 valence electrons. The lowest BCUT2D eigenvalue weighted by molar-refractivity contribution is 0.192. The second-order valence-corrected chi connectivity index (χ2v) is 6.88. The summed E-state index contributed by atoms with van der Waals surface area (Å²) in [4.78, 5) is 7.05. The molecule has 1 aromatic heterocycles. The normalized spacial score (nSPS) is 18.3. The van der Waals surface area contributed by atoms with Gasteiger partial charge in [-0.3, -0.25) is 4.90 Å². The molecule has 2 heterocycles. The van der Waals surface area contributed by atoms with Gasteiger partial charge in [-0.25, -0.2) is 4.98 Å². The molecule has 0 amide bonds. The number of halogens is 1. The molecule has 25 heavy (non-hydrogen) atoms. The monoisotopic (exact) mass is 363 g/mol. The van der Waals surface area contributed by atoms with E-state index in [4.69, 9.17) is 21.1 Å². The zero-order valence-electron chi connectivity index (χ0n) is 15.2. The van der Waals surface area contributed by atoms with Gasteiger partial charge in [-0.05, 0) is 32.4 Å². The van der Waals surface area contributed by atoms with E-state index in [1.54, 1.807) is 20.3 Å². The molecule has 1 saturated heterocycles. The average Bonchev–Trinajstić information content (AvgIpc) is 3.10. The lowest BCUT2D eigenvalue weighted by Gasteiger charge is -2.33. The summed E-state index contributed by atoms with van der Waals surface area (Å²) in [5.41, 5.74) is 1.06. The molecular weight excluding hydrogens is 338 g/mol. The van der Waals surface area contributed by atoms with Crippen LogP contribution in [-0.4, -0.2) is 41.8 Å². The number of imidazole rings is 1. The third-order valence-corrected chi connectivity index (χ3v) is 5.09. The maximum atomic E-state index is 6.26. The summed E-state index contributed by atoms with van der Waals surface area (Å²) >= 11 is 6.26. The molecule has 0 radical (unpaired) electrons. The van der Waals surface area contributed by atoms with Crippen molar-refractivity contribution >= 4 is 11.6 Å². The van der Waals surface area contributed by atoms with Crippen molar-refractivity contribution in [2.75, 3.05) is 27.3 Å². The second-order valence-electron chi connectivity index (χ2n) is 6.45. The van der Waals surface area contributed by atoms with E-state index < -0.39 is 0 Å². The molecule has 2 aromatic rings. The van der Waals surface area contributed by atoms with Crippen molar-refractivity contribution in [1.82, 2.24) is 14.5 Å². The van der Waals surface area contributed by atoms with Gasteiger partial charge in [-0.15, -0.1) is 0 Å². The first-order chi connectivity index (χ1) is 12.2. The van der Waals surface area contributed by atoms with Crippen molar-refractivity contribution in [2.45, 2.75) is 38.8 Å². The van der Waals surface area contributed by atoms with E-state index in [9.17, 15) is 0 Å². The van der Waals surface area contributed by atoms with Crippen LogP contribution < -0.4 is 9.47 Å². The molecule has 5 nitrogen and oxygen atoms in total. The number of aromatic nitrogens is 2. The van der Waals surface area contributed by atoms with E-state index in [2.05, 4.69) is 27.6 Å². The van der Waals surface area contributed by atoms with Gasteiger partial charge in [0.05, 0.1) is 14.2 Å². The SMILES string of the molecule is CCn1ccnc1C1CCCN(Cc2cc(Cl)cc(OC)c2OC)C1. The molecule has 1 atom stereocenters. The van der Waals surface area contributed by atoms with Gasteiger partial charge in [0.2, 0.25) is 0 Å². The Hall–Kier alpha value is -1.72. The Bertz CT molecular complexity index is 717. The minimum absolute atomic E-state index is 0.468. The van der Waals surface area contributed by atoms with Crippen LogP contribution in [0.25, 0.3) is 0 Å². The predicted molar refractivity (Wildman–Crippen MR) is 99.7 cm³/mol. The van der Waals surface area contributed by atoms with Crippen molar-refractivity contribution in [3.05, 3.63) is 40.9 Å². The third-order valence-electron chi connectivity index (χ3n) is 4.87. The third kappa shape index (κ3) is 3.93. The molecule has 1 fully saturated rings. The van der Waals surface area contributed by atoms with Gasteiger partial charge in [0, 0.05) is 54.6 Å². The highest BCUT2D eigenvalue weighted by atomic mass is 35.5. The highest BCUT2D eigenvalue weighted by molar-refractivity contribution is 6.30. The van der Waals surface area contributed by atoms with Crippen LogP contribution in [0, 0.1) is 0 Å². The second kappa shape index (κ2) is 8.11. The topological polar surface area (TPSA) is 39.5 Å². The summed E-state index contributed by atoms with van der Waals surface area (Å²) in [6.07, 6.45) is 6.33. The standard InChI is InChI=1S/C19H26ClN3O2/c1-4-23-9-7-21-19(23)14-6-5-8-22(12-14)13-15-10-16(20)11-17(24-2)18(15)25-3/h7,9-11,14H,4-6,8,12-13H2,1-3H3. The van der Waals surface area contributed by atoms with Gasteiger partial charge in [-0.1, -0.05) is 11.6 Å². The summed E-state index contributed by atoms with van der Waals surface area (Å²) in [5.74, 6) is 3.11. The van der Waals surface area contributed by atoms with Crippen molar-refractivity contribution in [1.29, 1.82) is 0 Å². The number of nitrogens with zero attached hydrogens (tertiary/aromatic N) is 3. The summed E-state index contributed by atoms with van der Waals surface area (Å²) in [5, 5.41) is 0.669. The van der Waals surface area contributed by atoms with E-state index in [0.29, 0.717) is 16.7 Å². The summed E-state index contributed by atoms with van der Waals surface area (Å²) in [7, 11) is 3.31. The number of aryl methyl sites for hydroxylation is 1. The molecule has 0 N–H and O–H groups in total. The van der Waals surface area contributed by atoms with Crippen molar-refractivity contribution in [3.63, 3.8) is 0 Å². The number of rotatable bonds is 6. The summed E-state index contributed by atoms with van der Waals surface area (Å²) in [6, 6.07) is 3.76. The van der Waals surface area contributed by atoms with E-state index >= 15 is 0 Å². The number of ether oxygens (including phenoxy) is 2. The number of hydrogen-bond acceptors (Lipinski definition) is 4. The van der Waals surface area contributed by atoms with Gasteiger partial charge in [0.25, 0.3) is 0 Å². The Balaban J connectivity index is 1.78. The van der Waals surface area contributed by atoms with E-state index in [1.807, 2.05) is 12.3 Å². The minimum atomic E-state index is 0.468. The molecule has 1 aromatic carbocycles. The van der Waals surface area contributed by atoms with Crippen molar-refractivity contribution in [2.24, 2.45) is 0 Å². The van der Waals surface area contributed by atoms with Gasteiger partial charge in [0.1, 0.15) is 5.82 Å². The van der Waals surface area contributed by atoms with Crippen LogP contribution in [0.15, 0.2) is 24.5 Å². The van der Waals surface area contributed by atoms with E-state index in [1.165, 1.54) is 18.7 Å². The Kier molecular flexibility index (Phi) is 5.86. The summed E-state index contributed by atoms with van der Waals surface area (Å²) in [6.45, 7) is 5.99. The van der Waals surface area contributed by atoms with Crippen molar-refractivity contribution in [3.8, 4) is 11.5 Å². The van der Waals surface area contributed by atoms with Gasteiger partial charge >= 0.3 is 0 Å². The Morgan fingerprint density at radius 3 is 2.84 bits per heavy atom. The van der Waals surface area contributed by atoms with Crippen LogP contribution in [0.1, 0.15) is 37.1 Å². The van der Waals surface area contributed by atoms with Gasteiger partial charge in [0.15, 0.2) is 11.5 Å². The number of methoxy groups -OCH3 is 2. The largest absolute Gasteiger partial charge is 0.493 e. The van der Waals surface area contributed by atoms with Crippen LogP contribution in [0.5, 0.6) is 11.5 Å². The zero-order valence-corrected chi connectivity index (χ0v) is 15.9. The summed E-state index contributed by atoms with van der Waals surface area (Å²) < 4.78 is 13.2. The smallest absolute Gasteiger partial charge is 0.165 e. The Morgan fingerprint density at radius 2 is 2.12 bits per heavy atom. The van der Waals surface area contributed by atoms with Crippen LogP contribution in [0.2, 0.25) is 5.02 Å². The molecule has 1 aliphatic rings. The number of likely N-dealkylation sites (tertiary alicyclic amines) is 1. The molecule has 1 unspecified atom stereocenters. The quantitative estimate of drug-likeness (QED) is 0.779. The number of benzene rings is 1. The fraction of sp³-hybridized carbons (Fsp3) is 0.526. The highest BCUT2D eigenvalue weighted by Gasteiger charge is 2.25. The maximum absolute atomic E-state index is 6.26. The number of hydrogen-bond donors (Lipinski definition) is 0. The Morgan fingerprint density at radius 1 is 1.28 bits per heavy atom. The average molecular weight is 364 g/mol. The van der Waals surface area contributed by atoms with Gasteiger partial charge < -0.3 is 14.0 Å². The number of piperidine rings is 1. The fourth-order valence-corrected chi connectivity index (χ4v) is 3.95.